The third-order valence-corrected chi connectivity index (χ3v) is 8.11. The topological polar surface area (TPSA) is 45.7 Å². The van der Waals surface area contributed by atoms with Gasteiger partial charge in [-0.3, -0.25) is 14.6 Å². The number of fused-ring (bicyclic) bond motifs is 1. The Morgan fingerprint density at radius 2 is 1.88 bits per heavy atom. The van der Waals surface area contributed by atoms with Crippen LogP contribution in [0.4, 0.5) is 5.13 Å². The fourth-order valence-electron chi connectivity index (χ4n) is 3.67. The number of carbonyl (C=O) groups is 1. The van der Waals surface area contributed by atoms with E-state index >= 15 is 0 Å². The molecule has 0 radical (unpaired) electrons. The number of anilines is 1. The number of thioether (sulfide) groups is 2. The summed E-state index contributed by atoms with van der Waals surface area (Å²) >= 11 is 5.14. The lowest BCUT2D eigenvalue weighted by atomic mass is 10.1. The molecule has 1 fully saturated rings. The average molecular weight is 524 g/mol. The zero-order valence-electron chi connectivity index (χ0n) is 19.0. The first-order valence-electron chi connectivity index (χ1n) is 10.9. The van der Waals surface area contributed by atoms with E-state index in [2.05, 4.69) is 60.5 Å². The Morgan fingerprint density at radius 3 is 2.58 bits per heavy atom. The predicted octanol–water partition coefficient (Wildman–Crippen LogP) is 5.46. The van der Waals surface area contributed by atoms with E-state index in [9.17, 15) is 4.79 Å². The molecule has 0 unspecified atom stereocenters. The minimum atomic E-state index is 0. The summed E-state index contributed by atoms with van der Waals surface area (Å²) in [5.41, 5.74) is 1.99. The summed E-state index contributed by atoms with van der Waals surface area (Å²) in [5, 5.41) is 0.787. The lowest BCUT2D eigenvalue weighted by Crippen LogP contribution is -2.43. The van der Waals surface area contributed by atoms with E-state index in [1.54, 1.807) is 23.1 Å². The minimum Gasteiger partial charge on any atom is -0.379 e. The Hall–Kier alpha value is -1.29. The van der Waals surface area contributed by atoms with Crippen molar-refractivity contribution >= 4 is 68.5 Å². The zero-order valence-corrected chi connectivity index (χ0v) is 22.3. The fourth-order valence-corrected chi connectivity index (χ4v) is 5.89. The molecule has 1 aliphatic heterocycles. The van der Waals surface area contributed by atoms with Gasteiger partial charge in [0, 0.05) is 36.0 Å². The van der Waals surface area contributed by atoms with Gasteiger partial charge < -0.3 is 4.74 Å². The summed E-state index contributed by atoms with van der Waals surface area (Å²) in [6.07, 6.45) is 2.46. The largest absolute Gasteiger partial charge is 0.379 e. The smallest absolute Gasteiger partial charge is 0.233 e. The highest BCUT2D eigenvalue weighted by atomic mass is 35.5. The van der Waals surface area contributed by atoms with Gasteiger partial charge in [-0.1, -0.05) is 30.4 Å². The average Bonchev–Trinajstić information content (AvgIpc) is 3.24. The molecule has 4 rings (SSSR count). The van der Waals surface area contributed by atoms with Gasteiger partial charge in [0.25, 0.3) is 0 Å². The SMILES string of the molecule is CCSc1ccc(CC(=O)N(CCN2CCOCC2)c2nc3ccc(SC)cc3s2)cc1.Cl. The van der Waals surface area contributed by atoms with Crippen molar-refractivity contribution in [3.05, 3.63) is 48.0 Å². The maximum Gasteiger partial charge on any atom is 0.233 e. The molecule has 1 amide bonds. The van der Waals surface area contributed by atoms with Crippen molar-refractivity contribution in [1.29, 1.82) is 0 Å². The van der Waals surface area contributed by atoms with Crippen molar-refractivity contribution in [2.45, 2.75) is 23.1 Å². The van der Waals surface area contributed by atoms with Gasteiger partial charge in [0.15, 0.2) is 5.13 Å². The Labute approximate surface area is 214 Å². The van der Waals surface area contributed by atoms with Crippen LogP contribution in [-0.4, -0.2) is 67.2 Å². The van der Waals surface area contributed by atoms with Gasteiger partial charge in [-0.05, 0) is 47.9 Å². The molecule has 5 nitrogen and oxygen atoms in total. The number of morpholine rings is 1. The number of amides is 1. The van der Waals surface area contributed by atoms with Crippen LogP contribution in [0.5, 0.6) is 0 Å². The van der Waals surface area contributed by atoms with Crippen molar-refractivity contribution in [3.8, 4) is 0 Å². The Bertz CT molecular complexity index is 1040. The molecular formula is C24H30ClN3O2S3. The normalized spacial score (nSPS) is 14.2. The van der Waals surface area contributed by atoms with Crippen molar-refractivity contribution in [2.24, 2.45) is 0 Å². The zero-order chi connectivity index (χ0) is 22.3. The number of rotatable bonds is 9. The van der Waals surface area contributed by atoms with Crippen molar-refractivity contribution < 1.29 is 9.53 Å². The summed E-state index contributed by atoms with van der Waals surface area (Å²) in [7, 11) is 0. The number of halogens is 1. The second-order valence-corrected chi connectivity index (χ2v) is 10.8. The van der Waals surface area contributed by atoms with Crippen molar-refractivity contribution in [2.75, 3.05) is 56.3 Å². The molecule has 0 saturated carbocycles. The first-order chi connectivity index (χ1) is 15.7. The first kappa shape index (κ1) is 26.3. The lowest BCUT2D eigenvalue weighted by Gasteiger charge is -2.29. The van der Waals surface area contributed by atoms with Gasteiger partial charge in [0.05, 0.1) is 29.9 Å². The van der Waals surface area contributed by atoms with Gasteiger partial charge >= 0.3 is 0 Å². The molecule has 33 heavy (non-hydrogen) atoms. The maximum atomic E-state index is 13.4. The Balaban J connectivity index is 0.00000306. The first-order valence-corrected chi connectivity index (χ1v) is 14.0. The van der Waals surface area contributed by atoms with Crippen LogP contribution in [0.15, 0.2) is 52.3 Å². The van der Waals surface area contributed by atoms with Crippen molar-refractivity contribution in [1.82, 2.24) is 9.88 Å². The molecule has 2 aromatic carbocycles. The highest BCUT2D eigenvalue weighted by Gasteiger charge is 2.22. The molecule has 1 saturated heterocycles. The van der Waals surface area contributed by atoms with Crippen LogP contribution in [0, 0.1) is 0 Å². The molecule has 3 aromatic rings. The van der Waals surface area contributed by atoms with E-state index in [-0.39, 0.29) is 18.3 Å². The fraction of sp³-hybridized carbons (Fsp3) is 0.417. The van der Waals surface area contributed by atoms with E-state index in [0.29, 0.717) is 13.0 Å². The van der Waals surface area contributed by atoms with Crippen LogP contribution >= 0.6 is 47.3 Å². The van der Waals surface area contributed by atoms with Crippen LogP contribution in [0.25, 0.3) is 10.2 Å². The predicted molar refractivity (Wildman–Crippen MR) is 145 cm³/mol. The molecule has 1 aromatic heterocycles. The molecule has 178 valence electrons. The van der Waals surface area contributed by atoms with E-state index in [0.717, 1.165) is 59.5 Å². The number of benzene rings is 2. The number of aromatic nitrogens is 1. The molecular weight excluding hydrogens is 494 g/mol. The molecule has 2 heterocycles. The van der Waals surface area contributed by atoms with E-state index in [1.165, 1.54) is 9.79 Å². The van der Waals surface area contributed by atoms with Crippen LogP contribution < -0.4 is 4.90 Å². The monoisotopic (exact) mass is 523 g/mol. The van der Waals surface area contributed by atoms with E-state index in [1.807, 2.05) is 16.7 Å². The second kappa shape index (κ2) is 13.0. The summed E-state index contributed by atoms with van der Waals surface area (Å²) in [4.78, 5) is 25.0. The molecule has 0 atom stereocenters. The molecule has 0 bridgehead atoms. The van der Waals surface area contributed by atoms with Crippen molar-refractivity contribution in [3.63, 3.8) is 0 Å². The molecule has 9 heteroatoms. The van der Waals surface area contributed by atoms with Gasteiger partial charge in [-0.2, -0.15) is 0 Å². The third kappa shape index (κ3) is 7.10. The number of hydrogen-bond acceptors (Lipinski definition) is 7. The molecule has 1 aliphatic rings. The highest BCUT2D eigenvalue weighted by molar-refractivity contribution is 7.99. The number of ether oxygens (including phenoxy) is 1. The quantitative estimate of drug-likeness (QED) is 0.347. The van der Waals surface area contributed by atoms with Crippen LogP contribution in [-0.2, 0) is 16.0 Å². The summed E-state index contributed by atoms with van der Waals surface area (Å²) in [6.45, 7) is 6.95. The van der Waals surface area contributed by atoms with Gasteiger partial charge in [-0.15, -0.1) is 35.9 Å². The van der Waals surface area contributed by atoms with E-state index < -0.39 is 0 Å². The molecule has 0 aliphatic carbocycles. The van der Waals surface area contributed by atoms with Crippen LogP contribution in [0.3, 0.4) is 0 Å². The van der Waals surface area contributed by atoms with Gasteiger partial charge in [-0.25, -0.2) is 4.98 Å². The Kier molecular flexibility index (Phi) is 10.3. The summed E-state index contributed by atoms with van der Waals surface area (Å²) < 4.78 is 6.59. The number of nitrogens with zero attached hydrogens (tertiary/aromatic N) is 3. The Morgan fingerprint density at radius 1 is 1.15 bits per heavy atom. The van der Waals surface area contributed by atoms with Gasteiger partial charge in [0.2, 0.25) is 5.91 Å². The number of thiazole rings is 1. The number of carbonyl (C=O) groups excluding carboxylic acids is 1. The molecule has 0 N–H and O–H groups in total. The molecule has 0 spiro atoms. The lowest BCUT2D eigenvalue weighted by molar-refractivity contribution is -0.118. The van der Waals surface area contributed by atoms with E-state index in [4.69, 9.17) is 9.72 Å². The second-order valence-electron chi connectivity index (χ2n) is 7.58. The van der Waals surface area contributed by atoms with Gasteiger partial charge in [0.1, 0.15) is 0 Å². The number of hydrogen-bond donors (Lipinski definition) is 0. The summed E-state index contributed by atoms with van der Waals surface area (Å²) in [6, 6.07) is 14.7. The van der Waals surface area contributed by atoms with Crippen LogP contribution in [0.1, 0.15) is 12.5 Å². The summed E-state index contributed by atoms with van der Waals surface area (Å²) in [5.74, 6) is 1.14. The van der Waals surface area contributed by atoms with Crippen LogP contribution in [0.2, 0.25) is 0 Å². The highest BCUT2D eigenvalue weighted by Crippen LogP contribution is 2.32. The maximum absolute atomic E-state index is 13.4. The third-order valence-electron chi connectivity index (χ3n) is 5.45. The standard InChI is InChI=1S/C24H29N3O2S3.ClH/c1-3-31-19-6-4-18(5-7-19)16-23(28)27(11-10-26-12-14-29-15-13-26)24-25-21-9-8-20(30-2)17-22(21)32-24;/h4-9,17H,3,10-16H2,1-2H3;1H. The minimum absolute atomic E-state index is 0.